The number of aromatic nitrogens is 2. The third-order valence-electron chi connectivity index (χ3n) is 5.20. The van der Waals surface area contributed by atoms with Crippen molar-refractivity contribution in [2.45, 2.75) is 26.2 Å². The highest BCUT2D eigenvalue weighted by Gasteiger charge is 2.40. The van der Waals surface area contributed by atoms with Gasteiger partial charge in [-0.3, -0.25) is 14.3 Å². The molecule has 1 fully saturated rings. The van der Waals surface area contributed by atoms with Crippen molar-refractivity contribution in [3.05, 3.63) is 52.8 Å². The molecule has 1 amide bonds. The van der Waals surface area contributed by atoms with Gasteiger partial charge in [-0.2, -0.15) is 5.10 Å². The highest BCUT2D eigenvalue weighted by Crippen LogP contribution is 2.33. The van der Waals surface area contributed by atoms with Crippen molar-refractivity contribution in [1.82, 2.24) is 14.7 Å². The Hall–Kier alpha value is -2.63. The van der Waals surface area contributed by atoms with Crippen LogP contribution >= 0.6 is 0 Å². The number of carbonyl (C=O) groups is 2. The van der Waals surface area contributed by atoms with Crippen LogP contribution in [0.3, 0.4) is 0 Å². The second-order valence-electron chi connectivity index (χ2n) is 6.71. The van der Waals surface area contributed by atoms with Crippen molar-refractivity contribution < 1.29 is 14.7 Å². The van der Waals surface area contributed by atoms with E-state index in [1.54, 1.807) is 9.58 Å². The van der Waals surface area contributed by atoms with E-state index in [4.69, 9.17) is 0 Å². The van der Waals surface area contributed by atoms with Crippen molar-refractivity contribution in [2.24, 2.45) is 13.0 Å². The normalized spacial score (nSPS) is 20.0. The first kappa shape index (κ1) is 17.2. The van der Waals surface area contributed by atoms with E-state index in [-0.39, 0.29) is 24.8 Å². The van der Waals surface area contributed by atoms with E-state index in [1.165, 1.54) is 0 Å². The van der Waals surface area contributed by atoms with Crippen LogP contribution in [0.2, 0.25) is 0 Å². The lowest BCUT2D eigenvalue weighted by Crippen LogP contribution is -2.31. The summed E-state index contributed by atoms with van der Waals surface area (Å²) in [5.41, 5.74) is 3.72. The molecule has 1 aromatic carbocycles. The van der Waals surface area contributed by atoms with Crippen LogP contribution in [0, 0.1) is 19.8 Å². The maximum atomic E-state index is 12.8. The molecule has 2 aromatic rings. The number of benzene rings is 1. The van der Waals surface area contributed by atoms with Gasteiger partial charge in [0, 0.05) is 37.3 Å². The van der Waals surface area contributed by atoms with Crippen LogP contribution in [0.1, 0.15) is 28.4 Å². The monoisotopic (exact) mass is 341 g/mol. The van der Waals surface area contributed by atoms with Crippen LogP contribution < -0.4 is 0 Å². The molecule has 1 N–H and O–H groups in total. The minimum Gasteiger partial charge on any atom is -0.481 e. The Labute approximate surface area is 147 Å². The molecule has 25 heavy (non-hydrogen) atoms. The Morgan fingerprint density at radius 3 is 2.44 bits per heavy atom. The number of aryl methyl sites for hydroxylation is 2. The number of aliphatic carboxylic acids is 1. The first-order chi connectivity index (χ1) is 11.9. The Morgan fingerprint density at radius 1 is 1.20 bits per heavy atom. The zero-order valence-electron chi connectivity index (χ0n) is 14.8. The van der Waals surface area contributed by atoms with Crippen molar-refractivity contribution in [3.8, 4) is 0 Å². The van der Waals surface area contributed by atoms with Crippen LogP contribution in [-0.2, 0) is 23.1 Å². The highest BCUT2D eigenvalue weighted by atomic mass is 16.4. The van der Waals surface area contributed by atoms with Crippen LogP contribution in [0.4, 0.5) is 0 Å². The number of carboxylic acids is 1. The van der Waals surface area contributed by atoms with Gasteiger partial charge in [0.15, 0.2) is 0 Å². The van der Waals surface area contributed by atoms with Gasteiger partial charge in [-0.25, -0.2) is 0 Å². The molecule has 0 radical (unpaired) electrons. The summed E-state index contributed by atoms with van der Waals surface area (Å²) in [5.74, 6) is -1.62. The van der Waals surface area contributed by atoms with Crippen LogP contribution in [0.5, 0.6) is 0 Å². The van der Waals surface area contributed by atoms with Gasteiger partial charge in [-0.15, -0.1) is 0 Å². The lowest BCUT2D eigenvalue weighted by atomic mass is 9.89. The second-order valence-corrected chi connectivity index (χ2v) is 6.71. The lowest BCUT2D eigenvalue weighted by molar-refractivity contribution is -0.141. The SMILES string of the molecule is Cc1nn(C)c(C)c1CC(=O)N1C[C@H](C(=O)O)[C@H](c2ccccc2)C1. The summed E-state index contributed by atoms with van der Waals surface area (Å²) in [6.45, 7) is 4.54. The standard InChI is InChI=1S/C19H23N3O3/c1-12-15(13(2)21(3)20-12)9-18(23)22-10-16(17(11-22)19(24)25)14-7-5-4-6-8-14/h4-8,16-17H,9-11H2,1-3H3,(H,24,25)/t16-,17-/m0/s1. The predicted octanol–water partition coefficient (Wildman–Crippen LogP) is 1.91. The molecule has 132 valence electrons. The molecule has 6 nitrogen and oxygen atoms in total. The summed E-state index contributed by atoms with van der Waals surface area (Å²) in [4.78, 5) is 26.1. The Morgan fingerprint density at radius 2 is 1.88 bits per heavy atom. The first-order valence-corrected chi connectivity index (χ1v) is 8.43. The lowest BCUT2D eigenvalue weighted by Gasteiger charge is -2.17. The van der Waals surface area contributed by atoms with Gasteiger partial charge in [0.05, 0.1) is 18.0 Å². The number of nitrogens with zero attached hydrogens (tertiary/aromatic N) is 3. The molecule has 0 aliphatic carbocycles. The Balaban J connectivity index is 1.79. The van der Waals surface area contributed by atoms with Gasteiger partial charge < -0.3 is 10.0 Å². The summed E-state index contributed by atoms with van der Waals surface area (Å²) in [6, 6.07) is 9.58. The van der Waals surface area contributed by atoms with Crippen molar-refractivity contribution in [2.75, 3.05) is 13.1 Å². The molecule has 0 bridgehead atoms. The third-order valence-corrected chi connectivity index (χ3v) is 5.20. The van der Waals surface area contributed by atoms with Crippen LogP contribution in [-0.4, -0.2) is 44.8 Å². The van der Waals surface area contributed by atoms with E-state index in [0.29, 0.717) is 6.54 Å². The Kier molecular flexibility index (Phi) is 4.61. The smallest absolute Gasteiger partial charge is 0.308 e. The zero-order chi connectivity index (χ0) is 18.1. The molecule has 2 atom stereocenters. The molecular weight excluding hydrogens is 318 g/mol. The van der Waals surface area contributed by atoms with Gasteiger partial charge in [-0.1, -0.05) is 30.3 Å². The molecular formula is C19H23N3O3. The van der Waals surface area contributed by atoms with Gasteiger partial charge in [0.1, 0.15) is 0 Å². The topological polar surface area (TPSA) is 75.4 Å². The third kappa shape index (κ3) is 3.29. The second kappa shape index (κ2) is 6.70. The maximum absolute atomic E-state index is 12.8. The number of hydrogen-bond acceptors (Lipinski definition) is 3. The average molecular weight is 341 g/mol. The fourth-order valence-corrected chi connectivity index (χ4v) is 3.63. The molecule has 1 saturated heterocycles. The van der Waals surface area contributed by atoms with Crippen LogP contribution in [0.15, 0.2) is 30.3 Å². The minimum absolute atomic E-state index is 0.0381. The summed E-state index contributed by atoms with van der Waals surface area (Å²) in [5, 5.41) is 13.9. The number of rotatable bonds is 4. The minimum atomic E-state index is -0.849. The highest BCUT2D eigenvalue weighted by molar-refractivity contribution is 5.81. The zero-order valence-corrected chi connectivity index (χ0v) is 14.8. The maximum Gasteiger partial charge on any atom is 0.308 e. The van der Waals surface area contributed by atoms with Gasteiger partial charge >= 0.3 is 5.97 Å². The number of carbonyl (C=O) groups excluding carboxylic acids is 1. The van der Waals surface area contributed by atoms with Gasteiger partial charge in [-0.05, 0) is 19.4 Å². The molecule has 2 heterocycles. The fraction of sp³-hybridized carbons (Fsp3) is 0.421. The number of hydrogen-bond donors (Lipinski definition) is 1. The summed E-state index contributed by atoms with van der Waals surface area (Å²) in [6.07, 6.45) is 0.263. The van der Waals surface area contributed by atoms with Gasteiger partial charge in [0.25, 0.3) is 0 Å². The molecule has 3 rings (SSSR count). The molecule has 1 aliphatic rings. The molecule has 0 saturated carbocycles. The van der Waals surface area contributed by atoms with E-state index < -0.39 is 11.9 Å². The quantitative estimate of drug-likeness (QED) is 0.922. The van der Waals surface area contributed by atoms with E-state index in [0.717, 1.165) is 22.5 Å². The van der Waals surface area contributed by atoms with E-state index in [1.807, 2.05) is 51.2 Å². The van der Waals surface area contributed by atoms with Gasteiger partial charge in [0.2, 0.25) is 5.91 Å². The van der Waals surface area contributed by atoms with E-state index in [9.17, 15) is 14.7 Å². The summed E-state index contributed by atoms with van der Waals surface area (Å²) >= 11 is 0. The molecule has 1 aromatic heterocycles. The predicted molar refractivity (Wildman–Crippen MR) is 93.3 cm³/mol. The van der Waals surface area contributed by atoms with E-state index in [2.05, 4.69) is 5.10 Å². The molecule has 6 heteroatoms. The summed E-state index contributed by atoms with van der Waals surface area (Å²) in [7, 11) is 1.86. The number of amides is 1. The molecule has 0 spiro atoms. The Bertz CT molecular complexity index is 798. The van der Waals surface area contributed by atoms with Crippen molar-refractivity contribution in [1.29, 1.82) is 0 Å². The van der Waals surface area contributed by atoms with Crippen LogP contribution in [0.25, 0.3) is 0 Å². The van der Waals surface area contributed by atoms with E-state index >= 15 is 0 Å². The van der Waals surface area contributed by atoms with Crippen molar-refractivity contribution in [3.63, 3.8) is 0 Å². The largest absolute Gasteiger partial charge is 0.481 e. The fourth-order valence-electron chi connectivity index (χ4n) is 3.63. The number of carboxylic acid groups (broad SMARTS) is 1. The number of likely N-dealkylation sites (tertiary alicyclic amines) is 1. The molecule has 1 aliphatic heterocycles. The summed E-state index contributed by atoms with van der Waals surface area (Å²) < 4.78 is 1.77. The average Bonchev–Trinajstić information content (AvgIpc) is 3.13. The van der Waals surface area contributed by atoms with Crippen molar-refractivity contribution >= 4 is 11.9 Å². The molecule has 0 unspecified atom stereocenters. The first-order valence-electron chi connectivity index (χ1n) is 8.43.